The molecule has 0 fully saturated rings. The molecule has 0 amide bonds. The molecule has 1 aromatic carbocycles. The van der Waals surface area contributed by atoms with Gasteiger partial charge in [-0.2, -0.15) is 0 Å². The van der Waals surface area contributed by atoms with Crippen LogP contribution in [0, 0.1) is 5.92 Å². The minimum absolute atomic E-state index is 0.0707. The van der Waals surface area contributed by atoms with Gasteiger partial charge in [-0.15, -0.1) is 0 Å². The lowest BCUT2D eigenvalue weighted by atomic mass is 9.75. The summed E-state index contributed by atoms with van der Waals surface area (Å²) in [5.74, 6) is 1.76. The van der Waals surface area contributed by atoms with Crippen molar-refractivity contribution in [2.75, 3.05) is 0 Å². The Kier molecular flexibility index (Phi) is 2.61. The lowest BCUT2D eigenvalue weighted by Crippen LogP contribution is -2.37. The fourth-order valence-corrected chi connectivity index (χ4v) is 2.34. The largest absolute Gasteiger partial charge is 0.508 e. The Hall–Kier alpha value is -1.18. The monoisotopic (exact) mass is 220 g/mol. The van der Waals surface area contributed by atoms with Crippen molar-refractivity contribution in [2.45, 2.75) is 45.6 Å². The molecule has 2 rings (SSSR count). The van der Waals surface area contributed by atoms with Gasteiger partial charge in [-0.1, -0.05) is 27.7 Å². The highest BCUT2D eigenvalue weighted by molar-refractivity contribution is 5.45. The highest BCUT2D eigenvalue weighted by Crippen LogP contribution is 2.43. The molecule has 0 aromatic heterocycles. The van der Waals surface area contributed by atoms with E-state index in [4.69, 9.17) is 4.74 Å². The second-order valence-corrected chi connectivity index (χ2v) is 5.67. The van der Waals surface area contributed by atoms with Crippen LogP contribution < -0.4 is 4.74 Å². The highest BCUT2D eigenvalue weighted by Gasteiger charge is 2.35. The summed E-state index contributed by atoms with van der Waals surface area (Å²) in [6.45, 7) is 8.80. The quantitative estimate of drug-likeness (QED) is 0.785. The molecule has 0 bridgehead atoms. The summed E-state index contributed by atoms with van der Waals surface area (Å²) < 4.78 is 5.97. The first kappa shape index (κ1) is 11.3. The van der Waals surface area contributed by atoms with Crippen LogP contribution in [-0.2, 0) is 5.41 Å². The first-order valence-electron chi connectivity index (χ1n) is 5.90. The molecular formula is C14H20O2. The van der Waals surface area contributed by atoms with Gasteiger partial charge < -0.3 is 9.84 Å². The molecule has 0 saturated heterocycles. The van der Waals surface area contributed by atoms with Gasteiger partial charge in [0.1, 0.15) is 17.6 Å². The topological polar surface area (TPSA) is 29.5 Å². The molecule has 1 aromatic rings. The number of hydrogen-bond donors (Lipinski definition) is 1. The minimum atomic E-state index is 0.0707. The average Bonchev–Trinajstić information content (AvgIpc) is 2.18. The maximum Gasteiger partial charge on any atom is 0.123 e. The van der Waals surface area contributed by atoms with Gasteiger partial charge in [0.2, 0.25) is 0 Å². The lowest BCUT2D eigenvalue weighted by Gasteiger charge is -2.39. The molecule has 1 atom stereocenters. The molecular weight excluding hydrogens is 200 g/mol. The molecule has 0 saturated carbocycles. The Bertz CT molecular complexity index is 394. The summed E-state index contributed by atoms with van der Waals surface area (Å²) >= 11 is 0. The van der Waals surface area contributed by atoms with Crippen LogP contribution in [0.25, 0.3) is 0 Å². The van der Waals surface area contributed by atoms with Gasteiger partial charge in [-0.3, -0.25) is 0 Å². The van der Waals surface area contributed by atoms with Gasteiger partial charge in [-0.25, -0.2) is 0 Å². The number of benzene rings is 1. The SMILES string of the molecule is CC(C)[C@H]1CC(C)(C)c2cc(O)ccc2O1. The third-order valence-electron chi connectivity index (χ3n) is 3.43. The predicted molar refractivity (Wildman–Crippen MR) is 65.0 cm³/mol. The van der Waals surface area contributed by atoms with Gasteiger partial charge in [0.25, 0.3) is 0 Å². The Labute approximate surface area is 97.3 Å². The van der Waals surface area contributed by atoms with E-state index in [2.05, 4.69) is 27.7 Å². The Morgan fingerprint density at radius 2 is 2.06 bits per heavy atom. The fraction of sp³-hybridized carbons (Fsp3) is 0.571. The van der Waals surface area contributed by atoms with Crippen LogP contribution in [0.15, 0.2) is 18.2 Å². The molecule has 0 aliphatic carbocycles. The van der Waals surface area contributed by atoms with E-state index >= 15 is 0 Å². The Balaban J connectivity index is 2.43. The second-order valence-electron chi connectivity index (χ2n) is 5.67. The number of aromatic hydroxyl groups is 1. The van der Waals surface area contributed by atoms with E-state index in [1.165, 1.54) is 0 Å². The number of fused-ring (bicyclic) bond motifs is 1. The number of rotatable bonds is 1. The lowest BCUT2D eigenvalue weighted by molar-refractivity contribution is 0.0940. The van der Waals surface area contributed by atoms with Crippen molar-refractivity contribution in [3.8, 4) is 11.5 Å². The number of phenols is 1. The maximum atomic E-state index is 9.54. The smallest absolute Gasteiger partial charge is 0.123 e. The van der Waals surface area contributed by atoms with Crippen molar-refractivity contribution in [3.05, 3.63) is 23.8 Å². The average molecular weight is 220 g/mol. The first-order valence-corrected chi connectivity index (χ1v) is 5.90. The fourth-order valence-electron chi connectivity index (χ4n) is 2.34. The molecule has 2 heteroatoms. The molecule has 2 nitrogen and oxygen atoms in total. The van der Waals surface area contributed by atoms with E-state index in [0.29, 0.717) is 11.7 Å². The number of hydrogen-bond acceptors (Lipinski definition) is 2. The van der Waals surface area contributed by atoms with E-state index in [-0.39, 0.29) is 11.5 Å². The molecule has 0 radical (unpaired) electrons. The van der Waals surface area contributed by atoms with Gasteiger partial charge in [0, 0.05) is 5.56 Å². The second kappa shape index (κ2) is 3.69. The normalized spacial score (nSPS) is 22.7. The predicted octanol–water partition coefficient (Wildman–Crippen LogP) is 3.48. The van der Waals surface area contributed by atoms with Crippen molar-refractivity contribution in [2.24, 2.45) is 5.92 Å². The van der Waals surface area contributed by atoms with Gasteiger partial charge >= 0.3 is 0 Å². The minimum Gasteiger partial charge on any atom is -0.508 e. The zero-order chi connectivity index (χ0) is 11.9. The Morgan fingerprint density at radius 3 is 2.69 bits per heavy atom. The third-order valence-corrected chi connectivity index (χ3v) is 3.43. The summed E-state index contributed by atoms with van der Waals surface area (Å²) in [5, 5.41) is 9.54. The van der Waals surface area contributed by atoms with Crippen LogP contribution >= 0.6 is 0 Å². The third kappa shape index (κ3) is 1.89. The van der Waals surface area contributed by atoms with Crippen LogP contribution in [0.2, 0.25) is 0 Å². The van der Waals surface area contributed by atoms with Crippen LogP contribution in [0.5, 0.6) is 11.5 Å². The summed E-state index contributed by atoms with van der Waals surface area (Å²) in [4.78, 5) is 0. The van der Waals surface area contributed by atoms with Crippen LogP contribution in [0.3, 0.4) is 0 Å². The van der Waals surface area contributed by atoms with Crippen LogP contribution in [0.1, 0.15) is 39.7 Å². The molecule has 0 spiro atoms. The van der Waals surface area contributed by atoms with Gasteiger partial charge in [-0.05, 0) is 36.0 Å². The maximum absolute atomic E-state index is 9.54. The highest BCUT2D eigenvalue weighted by atomic mass is 16.5. The number of phenolic OH excluding ortho intramolecular Hbond substituents is 1. The molecule has 1 N–H and O–H groups in total. The Morgan fingerprint density at radius 1 is 1.38 bits per heavy atom. The van der Waals surface area contributed by atoms with Crippen LogP contribution in [-0.4, -0.2) is 11.2 Å². The molecule has 1 aliphatic heterocycles. The van der Waals surface area contributed by atoms with Crippen molar-refractivity contribution in [3.63, 3.8) is 0 Å². The summed E-state index contributed by atoms with van der Waals surface area (Å²) in [6, 6.07) is 5.39. The number of ether oxygens (including phenoxy) is 1. The van der Waals surface area contributed by atoms with Crippen molar-refractivity contribution >= 4 is 0 Å². The first-order chi connectivity index (χ1) is 7.40. The zero-order valence-electron chi connectivity index (χ0n) is 10.4. The standard InChI is InChI=1S/C14H20O2/c1-9(2)13-8-14(3,4)11-7-10(15)5-6-12(11)16-13/h5-7,9,13,15H,8H2,1-4H3/t13-/m1/s1. The van der Waals surface area contributed by atoms with E-state index in [1.54, 1.807) is 6.07 Å². The molecule has 0 unspecified atom stereocenters. The molecule has 88 valence electrons. The summed E-state index contributed by atoms with van der Waals surface area (Å²) in [7, 11) is 0. The molecule has 1 heterocycles. The van der Waals surface area contributed by atoms with Gasteiger partial charge in [0.05, 0.1) is 0 Å². The summed E-state index contributed by atoms with van der Waals surface area (Å²) in [6.07, 6.45) is 1.27. The van der Waals surface area contributed by atoms with E-state index in [0.717, 1.165) is 17.7 Å². The summed E-state index contributed by atoms with van der Waals surface area (Å²) in [5.41, 5.74) is 1.19. The molecule has 16 heavy (non-hydrogen) atoms. The molecule has 1 aliphatic rings. The van der Waals surface area contributed by atoms with E-state index in [1.807, 2.05) is 12.1 Å². The van der Waals surface area contributed by atoms with E-state index in [9.17, 15) is 5.11 Å². The van der Waals surface area contributed by atoms with Crippen molar-refractivity contribution < 1.29 is 9.84 Å². The van der Waals surface area contributed by atoms with E-state index < -0.39 is 0 Å². The van der Waals surface area contributed by atoms with Crippen molar-refractivity contribution in [1.82, 2.24) is 0 Å². The van der Waals surface area contributed by atoms with Crippen LogP contribution in [0.4, 0.5) is 0 Å². The zero-order valence-corrected chi connectivity index (χ0v) is 10.4. The van der Waals surface area contributed by atoms with Gasteiger partial charge in [0.15, 0.2) is 0 Å². The van der Waals surface area contributed by atoms with Crippen molar-refractivity contribution in [1.29, 1.82) is 0 Å².